The number of hydrogen-bond donors (Lipinski definition) is 0. The van der Waals surface area contributed by atoms with Crippen molar-refractivity contribution in [3.05, 3.63) is 59.4 Å². The summed E-state index contributed by atoms with van der Waals surface area (Å²) in [4.78, 5) is 0. The van der Waals surface area contributed by atoms with Crippen LogP contribution in [0.1, 0.15) is 5.56 Å². The average molecular weight is 292 g/mol. The summed E-state index contributed by atoms with van der Waals surface area (Å²) in [5, 5.41) is 13.1. The van der Waals surface area contributed by atoms with Gasteiger partial charge in [0, 0.05) is 5.56 Å². The van der Waals surface area contributed by atoms with Crippen molar-refractivity contribution in [2.75, 3.05) is 0 Å². The third-order valence-electron chi connectivity index (χ3n) is 3.41. The molecule has 3 rings (SSSR count). The van der Waals surface area contributed by atoms with Gasteiger partial charge in [-0.3, -0.25) is 0 Å². The van der Waals surface area contributed by atoms with E-state index in [1.807, 2.05) is 0 Å². The van der Waals surface area contributed by atoms with Gasteiger partial charge in [-0.1, -0.05) is 12.1 Å². The van der Waals surface area contributed by atoms with E-state index in [1.165, 1.54) is 12.1 Å². The largest absolute Gasteiger partial charge is 0.710 e. The lowest BCUT2D eigenvalue weighted by molar-refractivity contribution is -0.568. The topological polar surface area (TPSA) is 31.9 Å². The average Bonchev–Trinajstić information content (AvgIpc) is 2.81. The van der Waals surface area contributed by atoms with Gasteiger partial charge >= 0.3 is 6.18 Å². The van der Waals surface area contributed by atoms with Crippen LogP contribution in [0.3, 0.4) is 0 Å². The van der Waals surface area contributed by atoms with E-state index in [-0.39, 0.29) is 0 Å². The van der Waals surface area contributed by atoms with Gasteiger partial charge in [-0.05, 0) is 30.3 Å². The summed E-state index contributed by atoms with van der Waals surface area (Å²) in [6.07, 6.45) is -2.62. The Hall–Kier alpha value is -2.50. The number of hydrogen-bond acceptors (Lipinski definition) is 1. The third kappa shape index (κ3) is 2.22. The van der Waals surface area contributed by atoms with Crippen LogP contribution in [0.2, 0.25) is 0 Å². The Labute approximate surface area is 118 Å². The van der Waals surface area contributed by atoms with Gasteiger partial charge in [0.15, 0.2) is 0 Å². The van der Waals surface area contributed by atoms with Crippen LogP contribution in [0, 0.1) is 5.21 Å². The van der Waals surface area contributed by atoms with Crippen molar-refractivity contribution >= 4 is 11.0 Å². The second kappa shape index (κ2) is 4.51. The molecular formula is C15H11F3N2O. The molecular weight excluding hydrogens is 281 g/mol. The number of benzene rings is 1. The van der Waals surface area contributed by atoms with Crippen LogP contribution in [-0.2, 0) is 13.2 Å². The summed E-state index contributed by atoms with van der Waals surface area (Å²) in [6, 6.07) is 9.76. The van der Waals surface area contributed by atoms with Crippen LogP contribution in [0.4, 0.5) is 13.2 Å². The minimum atomic E-state index is -4.38. The first-order valence-electron chi connectivity index (χ1n) is 6.23. The molecule has 0 saturated heterocycles. The van der Waals surface area contributed by atoms with Gasteiger partial charge in [-0.2, -0.15) is 13.2 Å². The fourth-order valence-electron chi connectivity index (χ4n) is 2.33. The van der Waals surface area contributed by atoms with Crippen molar-refractivity contribution in [3.8, 4) is 11.3 Å². The number of rotatable bonds is 1. The maximum Gasteiger partial charge on any atom is 0.416 e. The Bertz CT molecular complexity index is 804. The van der Waals surface area contributed by atoms with Gasteiger partial charge < -0.3 is 5.21 Å². The highest BCUT2D eigenvalue weighted by molar-refractivity contribution is 5.75. The van der Waals surface area contributed by atoms with Crippen LogP contribution >= 0.6 is 0 Å². The molecule has 6 heteroatoms. The zero-order valence-electron chi connectivity index (χ0n) is 11.1. The standard InChI is InChI=1S/C15H11F3N2O/c1-19-9-8-11-4-7-13(20(21)14(11)19)10-2-5-12(6-3-10)15(16,17)18/h2-9H,1H3. The zero-order chi connectivity index (χ0) is 15.2. The minimum absolute atomic E-state index is 0.318. The molecule has 21 heavy (non-hydrogen) atoms. The predicted molar refractivity (Wildman–Crippen MR) is 72.3 cm³/mol. The van der Waals surface area contributed by atoms with Gasteiger partial charge in [-0.15, -0.1) is 0 Å². The van der Waals surface area contributed by atoms with E-state index in [2.05, 4.69) is 0 Å². The van der Waals surface area contributed by atoms with Crippen molar-refractivity contribution in [2.24, 2.45) is 7.05 Å². The Kier molecular flexibility index (Phi) is 2.90. The number of pyridine rings is 1. The summed E-state index contributed by atoms with van der Waals surface area (Å²) in [7, 11) is 1.74. The van der Waals surface area contributed by atoms with E-state index < -0.39 is 11.7 Å². The molecule has 0 radical (unpaired) electrons. The number of nitrogens with zero attached hydrogens (tertiary/aromatic N) is 2. The third-order valence-corrected chi connectivity index (χ3v) is 3.41. The van der Waals surface area contributed by atoms with Gasteiger partial charge in [0.1, 0.15) is 5.69 Å². The summed E-state index contributed by atoms with van der Waals surface area (Å²) in [5.74, 6) is 0. The molecule has 1 aromatic carbocycles. The lowest BCUT2D eigenvalue weighted by atomic mass is 10.1. The van der Waals surface area contributed by atoms with Crippen molar-refractivity contribution in [3.63, 3.8) is 0 Å². The van der Waals surface area contributed by atoms with E-state index in [4.69, 9.17) is 0 Å². The molecule has 0 N–H and O–H groups in total. The molecule has 0 unspecified atom stereocenters. The molecule has 3 nitrogen and oxygen atoms in total. The lowest BCUT2D eigenvalue weighted by Crippen LogP contribution is -2.31. The fraction of sp³-hybridized carbons (Fsp3) is 0.133. The SMILES string of the molecule is Cn1ccc2ccc(-c3ccc(C(F)(F)F)cc3)[n+]([O-])c21. The number of alkyl halides is 3. The van der Waals surface area contributed by atoms with E-state index in [0.717, 1.165) is 22.2 Å². The highest BCUT2D eigenvalue weighted by Crippen LogP contribution is 2.30. The molecule has 0 bridgehead atoms. The number of aryl methyl sites for hydroxylation is 1. The van der Waals surface area contributed by atoms with E-state index in [1.54, 1.807) is 36.0 Å². The monoisotopic (exact) mass is 292 g/mol. The van der Waals surface area contributed by atoms with Crippen molar-refractivity contribution in [2.45, 2.75) is 6.18 Å². The molecule has 3 aromatic rings. The van der Waals surface area contributed by atoms with Crippen LogP contribution in [0.25, 0.3) is 22.3 Å². The Morgan fingerprint density at radius 3 is 2.29 bits per heavy atom. The van der Waals surface area contributed by atoms with Gasteiger partial charge in [0.05, 0.1) is 24.2 Å². The lowest BCUT2D eigenvalue weighted by Gasteiger charge is -2.12. The summed E-state index contributed by atoms with van der Waals surface area (Å²) >= 11 is 0. The molecule has 0 atom stereocenters. The number of halogens is 3. The van der Waals surface area contributed by atoms with Crippen molar-refractivity contribution in [1.82, 2.24) is 4.57 Å². The smallest absolute Gasteiger partial charge is 0.416 e. The summed E-state index contributed by atoms with van der Waals surface area (Å²) in [6.45, 7) is 0. The second-order valence-electron chi connectivity index (χ2n) is 4.79. The Morgan fingerprint density at radius 1 is 1.00 bits per heavy atom. The first-order chi connectivity index (χ1) is 9.88. The first kappa shape index (κ1) is 13.5. The van der Waals surface area contributed by atoms with E-state index in [0.29, 0.717) is 16.9 Å². The molecule has 0 aliphatic rings. The molecule has 0 aliphatic carbocycles. The number of fused-ring (bicyclic) bond motifs is 1. The van der Waals surface area contributed by atoms with Crippen LogP contribution < -0.4 is 4.73 Å². The van der Waals surface area contributed by atoms with Gasteiger partial charge in [0.25, 0.3) is 5.65 Å². The molecule has 2 heterocycles. The molecule has 0 fully saturated rings. The van der Waals surface area contributed by atoms with Crippen molar-refractivity contribution < 1.29 is 17.9 Å². The molecule has 0 aliphatic heterocycles. The van der Waals surface area contributed by atoms with Crippen molar-refractivity contribution in [1.29, 1.82) is 0 Å². The fourth-order valence-corrected chi connectivity index (χ4v) is 2.33. The van der Waals surface area contributed by atoms with Gasteiger partial charge in [0.2, 0.25) is 0 Å². The normalized spacial score (nSPS) is 12.0. The highest BCUT2D eigenvalue weighted by atomic mass is 19.4. The van der Waals surface area contributed by atoms with E-state index in [9.17, 15) is 18.4 Å². The maximum absolute atomic E-state index is 12.6. The zero-order valence-corrected chi connectivity index (χ0v) is 11.1. The Morgan fingerprint density at radius 2 is 1.67 bits per heavy atom. The summed E-state index contributed by atoms with van der Waals surface area (Å²) in [5.41, 5.74) is 0.496. The van der Waals surface area contributed by atoms with Crippen LogP contribution in [-0.4, -0.2) is 4.57 Å². The molecule has 108 valence electrons. The maximum atomic E-state index is 12.6. The molecule has 0 spiro atoms. The Balaban J connectivity index is 2.12. The first-order valence-corrected chi connectivity index (χ1v) is 6.23. The van der Waals surface area contributed by atoms with Crippen LogP contribution in [0.5, 0.6) is 0 Å². The highest BCUT2D eigenvalue weighted by Gasteiger charge is 2.30. The molecule has 0 saturated carbocycles. The molecule has 0 amide bonds. The summed E-state index contributed by atoms with van der Waals surface area (Å²) < 4.78 is 40.1. The molecule has 2 aromatic heterocycles. The van der Waals surface area contributed by atoms with Crippen LogP contribution in [0.15, 0.2) is 48.7 Å². The van der Waals surface area contributed by atoms with E-state index >= 15 is 0 Å². The minimum Gasteiger partial charge on any atom is -0.710 e. The second-order valence-corrected chi connectivity index (χ2v) is 4.79. The predicted octanol–water partition coefficient (Wildman–Crippen LogP) is 3.50. The quantitative estimate of drug-likeness (QED) is 0.499. The number of aromatic nitrogens is 2. The van der Waals surface area contributed by atoms with Gasteiger partial charge in [-0.25, -0.2) is 9.30 Å².